The molecule has 4 amide bonds. The van der Waals surface area contributed by atoms with E-state index >= 15 is 0 Å². The van der Waals surface area contributed by atoms with E-state index in [1.165, 1.54) is 18.2 Å². The Hall–Kier alpha value is -3.15. The van der Waals surface area contributed by atoms with Gasteiger partial charge in [-0.15, -0.1) is 0 Å². The molecule has 13 heteroatoms. The molecular weight excluding hydrogens is 541 g/mol. The van der Waals surface area contributed by atoms with Gasteiger partial charge >= 0.3 is 6.18 Å². The second-order valence-electron chi connectivity index (χ2n) is 11.4. The van der Waals surface area contributed by atoms with Crippen LogP contribution in [0.5, 0.6) is 0 Å². The Labute approximate surface area is 227 Å². The zero-order chi connectivity index (χ0) is 28.3. The van der Waals surface area contributed by atoms with Crippen molar-refractivity contribution < 1.29 is 37.1 Å². The first-order chi connectivity index (χ1) is 18.2. The molecule has 4 aliphatic carbocycles. The normalized spacial score (nSPS) is 29.8. The topological polar surface area (TPSA) is 133 Å². The Balaban J connectivity index is 1.32. The number of alkyl halides is 3. The molecule has 2 bridgehead atoms. The van der Waals surface area contributed by atoms with Crippen LogP contribution in [-0.4, -0.2) is 53.7 Å². The predicted octanol–water partition coefficient (Wildman–Crippen LogP) is 2.87. The Bertz CT molecular complexity index is 1240. The van der Waals surface area contributed by atoms with Crippen LogP contribution in [0.1, 0.15) is 62.2 Å². The average Bonchev–Trinajstić information content (AvgIpc) is 3.53. The van der Waals surface area contributed by atoms with Gasteiger partial charge in [0.15, 0.2) is 0 Å². The molecule has 1 aromatic carbocycles. The number of amides is 4. The van der Waals surface area contributed by atoms with Crippen LogP contribution in [-0.2, 0) is 19.2 Å². The fourth-order valence-electron chi connectivity index (χ4n) is 5.95. The molecule has 1 heterocycles. The lowest BCUT2D eigenvalue weighted by molar-refractivity contribution is -0.349. The summed E-state index contributed by atoms with van der Waals surface area (Å²) in [5, 5.41) is 10.6. The maximum Gasteiger partial charge on any atom is 0.394 e. The first-order valence-corrected chi connectivity index (χ1v) is 13.2. The molecule has 4 N–H and O–H groups in total. The molecule has 39 heavy (non-hydrogen) atoms. The van der Waals surface area contributed by atoms with Crippen LogP contribution in [0.25, 0.3) is 0 Å². The van der Waals surface area contributed by atoms with Crippen LogP contribution in [0.4, 0.5) is 18.9 Å². The molecule has 1 aliphatic heterocycles. The van der Waals surface area contributed by atoms with E-state index in [4.69, 9.17) is 11.6 Å². The van der Waals surface area contributed by atoms with Crippen LogP contribution < -0.4 is 21.3 Å². The van der Waals surface area contributed by atoms with Gasteiger partial charge in [0.1, 0.15) is 0 Å². The number of hydrogen-bond acceptors (Lipinski definition) is 5. The fraction of sp³-hybridized carbons (Fsp3) is 0.577. The minimum absolute atomic E-state index is 0.00791. The maximum absolute atomic E-state index is 13.4. The number of anilines is 1. The van der Waals surface area contributed by atoms with Crippen molar-refractivity contribution >= 4 is 46.7 Å². The number of nitrogens with one attached hydrogen (secondary N) is 4. The first kappa shape index (κ1) is 27.4. The van der Waals surface area contributed by atoms with Crippen LogP contribution in [0.15, 0.2) is 18.2 Å². The lowest BCUT2D eigenvalue weighted by Crippen LogP contribution is -2.71. The number of carbonyl (C=O) groups is 5. The monoisotopic (exact) mass is 568 g/mol. The van der Waals surface area contributed by atoms with Crippen molar-refractivity contribution in [3.05, 3.63) is 28.8 Å². The molecule has 5 fully saturated rings. The number of hydrogen-bond donors (Lipinski definition) is 4. The third-order valence-corrected chi connectivity index (χ3v) is 8.50. The van der Waals surface area contributed by atoms with E-state index in [0.717, 1.165) is 12.8 Å². The summed E-state index contributed by atoms with van der Waals surface area (Å²) in [4.78, 5) is 64.1. The van der Waals surface area contributed by atoms with E-state index in [1.807, 2.05) is 0 Å². The van der Waals surface area contributed by atoms with Gasteiger partial charge in [-0.1, -0.05) is 11.6 Å². The van der Waals surface area contributed by atoms with Crippen LogP contribution in [0, 0.1) is 16.7 Å². The van der Waals surface area contributed by atoms with Gasteiger partial charge in [-0.05, 0) is 70.1 Å². The summed E-state index contributed by atoms with van der Waals surface area (Å²) in [6.45, 7) is 1.80. The van der Waals surface area contributed by atoms with Gasteiger partial charge in [0, 0.05) is 23.0 Å². The molecule has 9 nitrogen and oxygen atoms in total. The fourth-order valence-corrected chi connectivity index (χ4v) is 6.12. The number of carbonyl (C=O) groups excluding carboxylic acids is 5. The lowest BCUT2D eigenvalue weighted by Gasteiger charge is -2.69. The predicted molar refractivity (Wildman–Crippen MR) is 133 cm³/mol. The van der Waals surface area contributed by atoms with Gasteiger partial charge < -0.3 is 21.3 Å². The smallest absolute Gasteiger partial charge is 0.353 e. The Morgan fingerprint density at radius 1 is 1.15 bits per heavy atom. The second kappa shape index (κ2) is 9.50. The number of benzene rings is 1. The van der Waals surface area contributed by atoms with Crippen LogP contribution in [0.2, 0.25) is 5.02 Å². The van der Waals surface area contributed by atoms with Gasteiger partial charge in [0.25, 0.3) is 11.8 Å². The molecule has 0 unspecified atom stereocenters. The molecule has 5 aliphatic rings. The first-order valence-electron chi connectivity index (χ1n) is 12.9. The van der Waals surface area contributed by atoms with Crippen molar-refractivity contribution in [3.63, 3.8) is 0 Å². The van der Waals surface area contributed by atoms with Gasteiger partial charge in [0.05, 0.1) is 28.1 Å². The van der Waals surface area contributed by atoms with Crippen LogP contribution >= 0.6 is 11.6 Å². The van der Waals surface area contributed by atoms with E-state index in [-0.39, 0.29) is 59.9 Å². The molecule has 3 atom stereocenters. The molecule has 6 rings (SSSR count). The SMILES string of the molecule is C[C@@H]1C[C@@H](C[C@H](NC(=O)c2cc(Cl)ccc2NC(=O)C23CC(C(F)(F)F)(C2)C3)C(=O)C(=O)NC2CC2)C(=O)N1. The van der Waals surface area contributed by atoms with E-state index in [1.54, 1.807) is 6.92 Å². The minimum atomic E-state index is -4.37. The third kappa shape index (κ3) is 5.10. The summed E-state index contributed by atoms with van der Waals surface area (Å²) in [5.74, 6) is -4.12. The molecule has 1 saturated heterocycles. The molecule has 0 spiro atoms. The zero-order valence-electron chi connectivity index (χ0n) is 21.0. The quantitative estimate of drug-likeness (QED) is 0.340. The van der Waals surface area contributed by atoms with E-state index in [9.17, 15) is 37.1 Å². The number of rotatable bonds is 9. The standard InChI is InChI=1S/C26H28ClF3N4O5/c1-12-6-13(20(36)31-12)7-18(19(35)22(38)32-15-3-4-15)33-21(37)16-8-14(27)2-5-17(16)34-23(39)24-9-25(10-24,11-24)26(28,29)30/h2,5,8,12-13,15,18H,3-4,6-7,9-11H2,1H3,(H,31,36)(H,32,38)(H,33,37)(H,34,39)/t12-,13+,18+,24?,25?/m1/s1. The summed E-state index contributed by atoms with van der Waals surface area (Å²) in [6.07, 6.45) is -3.49. The van der Waals surface area contributed by atoms with Crippen molar-refractivity contribution in [2.45, 2.75) is 76.2 Å². The molecule has 0 radical (unpaired) electrons. The number of Topliss-reactive ketones (excluding diaryl/α,β-unsaturated/α-hetero) is 1. The van der Waals surface area contributed by atoms with Crippen molar-refractivity contribution in [3.8, 4) is 0 Å². The highest BCUT2D eigenvalue weighted by atomic mass is 35.5. The zero-order valence-corrected chi connectivity index (χ0v) is 21.8. The number of ketones is 1. The van der Waals surface area contributed by atoms with Crippen molar-refractivity contribution in [2.24, 2.45) is 16.7 Å². The molecule has 210 valence electrons. The molecule has 0 aromatic heterocycles. The summed E-state index contributed by atoms with van der Waals surface area (Å²) < 4.78 is 39.7. The lowest BCUT2D eigenvalue weighted by atomic mass is 9.34. The molecule has 1 aromatic rings. The summed E-state index contributed by atoms with van der Waals surface area (Å²) >= 11 is 6.09. The number of halogens is 4. The third-order valence-electron chi connectivity index (χ3n) is 8.26. The van der Waals surface area contributed by atoms with Crippen molar-refractivity contribution in [1.29, 1.82) is 0 Å². The minimum Gasteiger partial charge on any atom is -0.353 e. The van der Waals surface area contributed by atoms with E-state index < -0.39 is 52.5 Å². The van der Waals surface area contributed by atoms with Crippen LogP contribution in [0.3, 0.4) is 0 Å². The Kier molecular flexibility index (Phi) is 6.68. The highest BCUT2D eigenvalue weighted by Gasteiger charge is 2.80. The molecular formula is C26H28ClF3N4O5. The highest BCUT2D eigenvalue weighted by molar-refractivity contribution is 6.38. The molecule has 4 saturated carbocycles. The summed E-state index contributed by atoms with van der Waals surface area (Å²) in [5.41, 5.74) is -3.08. The van der Waals surface area contributed by atoms with E-state index in [2.05, 4.69) is 21.3 Å². The summed E-state index contributed by atoms with van der Waals surface area (Å²) in [6, 6.07) is 2.45. The second-order valence-corrected chi connectivity index (χ2v) is 11.9. The van der Waals surface area contributed by atoms with Gasteiger partial charge in [-0.25, -0.2) is 0 Å². The Morgan fingerprint density at radius 3 is 2.38 bits per heavy atom. The highest BCUT2D eigenvalue weighted by Crippen LogP contribution is 2.78. The van der Waals surface area contributed by atoms with E-state index in [0.29, 0.717) is 6.42 Å². The summed E-state index contributed by atoms with van der Waals surface area (Å²) in [7, 11) is 0. The largest absolute Gasteiger partial charge is 0.394 e. The van der Waals surface area contributed by atoms with Gasteiger partial charge in [-0.2, -0.15) is 13.2 Å². The Morgan fingerprint density at radius 2 is 1.82 bits per heavy atom. The maximum atomic E-state index is 13.4. The van der Waals surface area contributed by atoms with Gasteiger partial charge in [-0.3, -0.25) is 24.0 Å². The average molecular weight is 569 g/mol. The van der Waals surface area contributed by atoms with Crippen molar-refractivity contribution in [2.75, 3.05) is 5.32 Å². The van der Waals surface area contributed by atoms with Crippen molar-refractivity contribution in [1.82, 2.24) is 16.0 Å². The van der Waals surface area contributed by atoms with Gasteiger partial charge in [0.2, 0.25) is 17.6 Å².